The lowest BCUT2D eigenvalue weighted by molar-refractivity contribution is 0.298. The van der Waals surface area contributed by atoms with Gasteiger partial charge in [-0.25, -0.2) is 4.98 Å². The van der Waals surface area contributed by atoms with Crippen molar-refractivity contribution in [2.45, 2.75) is 57.9 Å². The predicted molar refractivity (Wildman–Crippen MR) is 74.5 cm³/mol. The Labute approximate surface area is 109 Å². The van der Waals surface area contributed by atoms with Gasteiger partial charge in [-0.2, -0.15) is 0 Å². The molecule has 1 atom stereocenters. The van der Waals surface area contributed by atoms with Crippen LogP contribution in [0.4, 0.5) is 0 Å². The van der Waals surface area contributed by atoms with Gasteiger partial charge in [0.05, 0.1) is 5.01 Å². The first kappa shape index (κ1) is 13.0. The van der Waals surface area contributed by atoms with Gasteiger partial charge in [0.15, 0.2) is 0 Å². The van der Waals surface area contributed by atoms with E-state index in [1.165, 1.54) is 43.5 Å². The van der Waals surface area contributed by atoms with Crippen LogP contribution in [0.25, 0.3) is 0 Å². The Kier molecular flexibility index (Phi) is 5.46. The molecule has 96 valence electrons. The molecule has 0 spiro atoms. The summed E-state index contributed by atoms with van der Waals surface area (Å²) in [6.45, 7) is 3.28. The first-order valence-corrected chi connectivity index (χ1v) is 7.88. The molecule has 0 amide bonds. The largest absolute Gasteiger partial charge is 0.314 e. The molecule has 1 aromatic heterocycles. The van der Waals surface area contributed by atoms with E-state index in [2.05, 4.69) is 22.6 Å². The van der Waals surface area contributed by atoms with E-state index in [0.29, 0.717) is 6.04 Å². The summed E-state index contributed by atoms with van der Waals surface area (Å²) in [6.07, 6.45) is 11.6. The van der Waals surface area contributed by atoms with Gasteiger partial charge in [-0.3, -0.25) is 0 Å². The first-order chi connectivity index (χ1) is 8.38. The van der Waals surface area contributed by atoms with E-state index < -0.39 is 0 Å². The van der Waals surface area contributed by atoms with Crippen molar-refractivity contribution < 1.29 is 0 Å². The highest BCUT2D eigenvalue weighted by Crippen LogP contribution is 2.28. The third-order valence-electron chi connectivity index (χ3n) is 3.74. The highest BCUT2D eigenvalue weighted by Gasteiger charge is 2.19. The van der Waals surface area contributed by atoms with Gasteiger partial charge < -0.3 is 5.32 Å². The summed E-state index contributed by atoms with van der Waals surface area (Å²) < 4.78 is 0. The molecule has 1 N–H and O–H groups in total. The van der Waals surface area contributed by atoms with Gasteiger partial charge in [0.1, 0.15) is 0 Å². The number of nitrogens with one attached hydrogen (secondary N) is 1. The third-order valence-corrected chi connectivity index (χ3v) is 4.54. The van der Waals surface area contributed by atoms with Crippen LogP contribution in [-0.2, 0) is 6.42 Å². The quantitative estimate of drug-likeness (QED) is 0.836. The van der Waals surface area contributed by atoms with E-state index in [-0.39, 0.29) is 0 Å². The van der Waals surface area contributed by atoms with Gasteiger partial charge in [0.25, 0.3) is 0 Å². The second-order valence-corrected chi connectivity index (χ2v) is 6.10. The Hall–Kier alpha value is -0.410. The predicted octanol–water partition coefficient (Wildman–Crippen LogP) is 3.63. The fraction of sp³-hybridized carbons (Fsp3) is 0.786. The number of likely N-dealkylation sites (N-methyl/N-ethyl adjacent to an activating group) is 1. The number of thiazole rings is 1. The zero-order valence-corrected chi connectivity index (χ0v) is 11.6. The molecular weight excluding hydrogens is 228 g/mol. The molecule has 0 bridgehead atoms. The van der Waals surface area contributed by atoms with Crippen molar-refractivity contribution in [3.05, 3.63) is 16.6 Å². The molecule has 1 aliphatic carbocycles. The molecule has 0 radical (unpaired) electrons. The van der Waals surface area contributed by atoms with Crippen molar-refractivity contribution in [2.24, 2.45) is 5.92 Å². The van der Waals surface area contributed by atoms with Crippen molar-refractivity contribution in [1.82, 2.24) is 10.3 Å². The zero-order chi connectivity index (χ0) is 11.9. The third kappa shape index (κ3) is 4.40. The second-order valence-electron chi connectivity index (χ2n) is 5.12. The van der Waals surface area contributed by atoms with Crippen molar-refractivity contribution in [3.63, 3.8) is 0 Å². The Bertz CT molecular complexity index is 291. The molecule has 0 saturated heterocycles. The van der Waals surface area contributed by atoms with Crippen molar-refractivity contribution >= 4 is 11.3 Å². The fourth-order valence-corrected chi connectivity index (χ4v) is 3.62. The van der Waals surface area contributed by atoms with Crippen LogP contribution < -0.4 is 5.32 Å². The first-order valence-electron chi connectivity index (χ1n) is 7.00. The Balaban J connectivity index is 1.83. The smallest absolute Gasteiger partial charge is 0.0940 e. The Morgan fingerprint density at radius 1 is 1.41 bits per heavy atom. The maximum Gasteiger partial charge on any atom is 0.0940 e. The van der Waals surface area contributed by atoms with Crippen LogP contribution in [0.3, 0.4) is 0 Å². The number of hydrogen-bond donors (Lipinski definition) is 1. The number of hydrogen-bond acceptors (Lipinski definition) is 3. The van der Waals surface area contributed by atoms with Crippen LogP contribution in [-0.4, -0.2) is 17.6 Å². The molecule has 1 saturated carbocycles. The maximum absolute atomic E-state index is 4.41. The molecule has 3 heteroatoms. The Morgan fingerprint density at radius 2 is 2.24 bits per heavy atom. The maximum atomic E-state index is 4.41. The lowest BCUT2D eigenvalue weighted by atomic mass is 9.84. The summed E-state index contributed by atoms with van der Waals surface area (Å²) in [5.74, 6) is 0.952. The molecule has 2 nitrogen and oxygen atoms in total. The van der Waals surface area contributed by atoms with E-state index in [1.807, 2.05) is 6.20 Å². The standard InChI is InChI=1S/C14H24N2S/c1-2-15-13(11-14-16-8-9-17-14)10-12-6-4-3-5-7-12/h8-9,12-13,15H,2-7,10-11H2,1H3. The molecule has 1 fully saturated rings. The highest BCUT2D eigenvalue weighted by molar-refractivity contribution is 7.09. The SMILES string of the molecule is CCNC(Cc1nccs1)CC1CCCCC1. The van der Waals surface area contributed by atoms with Gasteiger partial charge in [-0.1, -0.05) is 39.0 Å². The van der Waals surface area contributed by atoms with Crippen molar-refractivity contribution in [3.8, 4) is 0 Å². The average molecular weight is 252 g/mol. The second kappa shape index (κ2) is 7.12. The molecular formula is C14H24N2S. The van der Waals surface area contributed by atoms with Gasteiger partial charge in [-0.15, -0.1) is 11.3 Å². The van der Waals surface area contributed by atoms with E-state index in [9.17, 15) is 0 Å². The summed E-state index contributed by atoms with van der Waals surface area (Å²) in [5.41, 5.74) is 0. The monoisotopic (exact) mass is 252 g/mol. The van der Waals surface area contributed by atoms with Crippen LogP contribution in [0.15, 0.2) is 11.6 Å². The number of nitrogens with zero attached hydrogens (tertiary/aromatic N) is 1. The van der Waals surface area contributed by atoms with E-state index in [0.717, 1.165) is 18.9 Å². The minimum Gasteiger partial charge on any atom is -0.314 e. The Morgan fingerprint density at radius 3 is 2.88 bits per heavy atom. The molecule has 0 aromatic carbocycles. The van der Waals surface area contributed by atoms with Crippen LogP contribution in [0.5, 0.6) is 0 Å². The highest BCUT2D eigenvalue weighted by atomic mass is 32.1. The fourth-order valence-electron chi connectivity index (χ4n) is 2.92. The zero-order valence-electron chi connectivity index (χ0n) is 10.8. The van der Waals surface area contributed by atoms with Crippen LogP contribution in [0, 0.1) is 5.92 Å². The van der Waals surface area contributed by atoms with Crippen LogP contribution >= 0.6 is 11.3 Å². The minimum absolute atomic E-state index is 0.634. The normalized spacial score (nSPS) is 19.4. The molecule has 1 aromatic rings. The van der Waals surface area contributed by atoms with E-state index in [4.69, 9.17) is 0 Å². The minimum atomic E-state index is 0.634. The summed E-state index contributed by atoms with van der Waals surface area (Å²) in [6, 6.07) is 0.634. The van der Waals surface area contributed by atoms with E-state index >= 15 is 0 Å². The summed E-state index contributed by atoms with van der Waals surface area (Å²) in [7, 11) is 0. The molecule has 2 rings (SSSR count). The summed E-state index contributed by atoms with van der Waals surface area (Å²) >= 11 is 1.79. The topological polar surface area (TPSA) is 24.9 Å². The van der Waals surface area contributed by atoms with Gasteiger partial charge >= 0.3 is 0 Å². The molecule has 0 aliphatic heterocycles. The molecule has 17 heavy (non-hydrogen) atoms. The lowest BCUT2D eigenvalue weighted by Gasteiger charge is -2.26. The van der Waals surface area contributed by atoms with Crippen LogP contribution in [0.2, 0.25) is 0 Å². The lowest BCUT2D eigenvalue weighted by Crippen LogP contribution is -2.33. The van der Waals surface area contributed by atoms with Gasteiger partial charge in [0, 0.05) is 24.0 Å². The van der Waals surface area contributed by atoms with Gasteiger partial charge in [0.2, 0.25) is 0 Å². The van der Waals surface area contributed by atoms with Gasteiger partial charge in [-0.05, 0) is 18.9 Å². The van der Waals surface area contributed by atoms with Crippen LogP contribution in [0.1, 0.15) is 50.5 Å². The molecule has 1 heterocycles. The van der Waals surface area contributed by atoms with Crippen molar-refractivity contribution in [2.75, 3.05) is 6.54 Å². The number of aromatic nitrogens is 1. The molecule has 1 aliphatic rings. The summed E-state index contributed by atoms with van der Waals surface area (Å²) in [5, 5.41) is 7.00. The summed E-state index contributed by atoms with van der Waals surface area (Å²) in [4.78, 5) is 4.41. The van der Waals surface area contributed by atoms with E-state index in [1.54, 1.807) is 11.3 Å². The van der Waals surface area contributed by atoms with Crippen molar-refractivity contribution in [1.29, 1.82) is 0 Å². The molecule has 1 unspecified atom stereocenters. The average Bonchev–Trinajstić information content (AvgIpc) is 2.83. The number of rotatable bonds is 6.